The summed E-state index contributed by atoms with van der Waals surface area (Å²) in [5.41, 5.74) is 0. The predicted molar refractivity (Wildman–Crippen MR) is 56.8 cm³/mol. The summed E-state index contributed by atoms with van der Waals surface area (Å²) in [6, 6.07) is 0. The van der Waals surface area contributed by atoms with Crippen LogP contribution in [-0.4, -0.2) is 15.7 Å². The first kappa shape index (κ1) is 12.2. The van der Waals surface area contributed by atoms with Crippen LogP contribution in [0.1, 0.15) is 40.5 Å². The summed E-state index contributed by atoms with van der Waals surface area (Å²) in [5.74, 6) is 3.10. The summed E-state index contributed by atoms with van der Waals surface area (Å²) in [6.07, 6.45) is 2.33. The molecular weight excluding hydrogens is 168 g/mol. The predicted octanol–water partition coefficient (Wildman–Crippen LogP) is 2.83. The maximum atomic E-state index is 11.3. The molecule has 0 aliphatic heterocycles. The Morgan fingerprint density at radius 2 is 1.67 bits per heavy atom. The normalized spacial score (nSPS) is 14.2. The molecule has 0 saturated heterocycles. The molecule has 0 spiro atoms. The number of hydrogen-bond donors (Lipinski definition) is 0. The summed E-state index contributed by atoms with van der Waals surface area (Å²) >= 11 is 0. The number of rotatable bonds is 6. The van der Waals surface area contributed by atoms with Gasteiger partial charge in [0.05, 0.1) is 0 Å². The molecule has 1 unspecified atom stereocenters. The number of hydrogen-bond acceptors (Lipinski definition) is 1. The van der Waals surface area contributed by atoms with Crippen molar-refractivity contribution in [2.24, 2.45) is 11.8 Å². The lowest BCUT2D eigenvalue weighted by atomic mass is 10.1. The fraction of sp³-hybridized carbons (Fsp3) is 1.00. The third-order valence-electron chi connectivity index (χ3n) is 1.67. The molecular formula is C10H22OS. The molecule has 0 N–H and O–H groups in total. The average molecular weight is 190 g/mol. The van der Waals surface area contributed by atoms with E-state index in [1.807, 2.05) is 0 Å². The fourth-order valence-electron chi connectivity index (χ4n) is 1.11. The van der Waals surface area contributed by atoms with Gasteiger partial charge in [0, 0.05) is 22.3 Å². The molecule has 0 aromatic rings. The molecule has 0 bridgehead atoms. The summed E-state index contributed by atoms with van der Waals surface area (Å²) in [5, 5.41) is 0. The van der Waals surface area contributed by atoms with E-state index in [1.54, 1.807) is 0 Å². The summed E-state index contributed by atoms with van der Waals surface area (Å²) < 4.78 is 11.3. The summed E-state index contributed by atoms with van der Waals surface area (Å²) in [7, 11) is -0.567. The first-order valence-electron chi connectivity index (χ1n) is 4.87. The highest BCUT2D eigenvalue weighted by Gasteiger charge is 2.03. The Labute approximate surface area is 79.4 Å². The van der Waals surface area contributed by atoms with Crippen LogP contribution < -0.4 is 0 Å². The second-order valence-corrected chi connectivity index (χ2v) is 5.86. The lowest BCUT2D eigenvalue weighted by Crippen LogP contribution is -2.08. The fourth-order valence-corrected chi connectivity index (χ4v) is 2.51. The van der Waals surface area contributed by atoms with Gasteiger partial charge in [0.2, 0.25) is 0 Å². The van der Waals surface area contributed by atoms with Gasteiger partial charge in [-0.2, -0.15) is 0 Å². The molecule has 12 heavy (non-hydrogen) atoms. The Kier molecular flexibility index (Phi) is 6.73. The lowest BCUT2D eigenvalue weighted by Gasteiger charge is -2.06. The second kappa shape index (κ2) is 6.64. The van der Waals surface area contributed by atoms with Crippen LogP contribution in [0.4, 0.5) is 0 Å². The molecule has 0 aliphatic carbocycles. The Balaban J connectivity index is 3.32. The van der Waals surface area contributed by atoms with Crippen LogP contribution in [-0.2, 0) is 10.8 Å². The smallest absolute Gasteiger partial charge is 0.0257 e. The van der Waals surface area contributed by atoms with E-state index in [9.17, 15) is 4.21 Å². The van der Waals surface area contributed by atoms with Gasteiger partial charge in [-0.3, -0.25) is 4.21 Å². The van der Waals surface area contributed by atoms with Crippen molar-refractivity contribution >= 4 is 10.8 Å². The highest BCUT2D eigenvalue weighted by atomic mass is 32.2. The van der Waals surface area contributed by atoms with Crippen molar-refractivity contribution in [3.8, 4) is 0 Å². The second-order valence-electron chi connectivity index (χ2n) is 4.24. The third kappa shape index (κ3) is 8.25. The maximum absolute atomic E-state index is 11.3. The third-order valence-corrected chi connectivity index (χ3v) is 3.46. The van der Waals surface area contributed by atoms with Gasteiger partial charge < -0.3 is 0 Å². The molecule has 0 amide bonds. The molecule has 0 radical (unpaired) electrons. The van der Waals surface area contributed by atoms with Crippen LogP contribution in [0.5, 0.6) is 0 Å². The van der Waals surface area contributed by atoms with Crippen molar-refractivity contribution in [1.29, 1.82) is 0 Å². The lowest BCUT2D eigenvalue weighted by molar-refractivity contribution is 0.574. The van der Waals surface area contributed by atoms with Crippen molar-refractivity contribution in [3.63, 3.8) is 0 Å². The molecule has 0 aliphatic rings. The van der Waals surface area contributed by atoms with E-state index in [0.29, 0.717) is 5.92 Å². The molecule has 0 saturated carbocycles. The summed E-state index contributed by atoms with van der Waals surface area (Å²) in [4.78, 5) is 0. The van der Waals surface area contributed by atoms with E-state index in [0.717, 1.165) is 23.8 Å². The van der Waals surface area contributed by atoms with E-state index in [2.05, 4.69) is 27.7 Å². The van der Waals surface area contributed by atoms with Crippen molar-refractivity contribution in [1.82, 2.24) is 0 Å². The quantitative estimate of drug-likeness (QED) is 0.629. The van der Waals surface area contributed by atoms with Crippen molar-refractivity contribution < 1.29 is 4.21 Å². The Hall–Kier alpha value is 0.150. The van der Waals surface area contributed by atoms with E-state index in [-0.39, 0.29) is 0 Å². The molecule has 0 rings (SSSR count). The van der Waals surface area contributed by atoms with Crippen molar-refractivity contribution in [2.45, 2.75) is 40.5 Å². The van der Waals surface area contributed by atoms with Gasteiger partial charge in [-0.05, 0) is 18.3 Å². The van der Waals surface area contributed by atoms with Gasteiger partial charge >= 0.3 is 0 Å². The Morgan fingerprint density at radius 3 is 2.08 bits per heavy atom. The molecule has 0 fully saturated rings. The van der Waals surface area contributed by atoms with Crippen LogP contribution in [0.2, 0.25) is 0 Å². The van der Waals surface area contributed by atoms with E-state index in [4.69, 9.17) is 0 Å². The SMILES string of the molecule is CC(C)CCCS(=O)CC(C)C. The standard InChI is InChI=1S/C10H22OS/c1-9(2)6-5-7-12(11)8-10(3)4/h9-10H,5-8H2,1-4H3. The van der Waals surface area contributed by atoms with Gasteiger partial charge in [0.15, 0.2) is 0 Å². The van der Waals surface area contributed by atoms with Gasteiger partial charge in [-0.1, -0.05) is 34.1 Å². The Morgan fingerprint density at radius 1 is 1.08 bits per heavy atom. The zero-order chi connectivity index (χ0) is 9.56. The van der Waals surface area contributed by atoms with Gasteiger partial charge in [0.1, 0.15) is 0 Å². The molecule has 1 atom stereocenters. The van der Waals surface area contributed by atoms with Gasteiger partial charge in [-0.25, -0.2) is 0 Å². The first-order valence-corrected chi connectivity index (χ1v) is 6.36. The molecule has 0 heterocycles. The molecule has 0 aromatic carbocycles. The van der Waals surface area contributed by atoms with Crippen LogP contribution in [0.25, 0.3) is 0 Å². The minimum atomic E-state index is -0.567. The highest BCUT2D eigenvalue weighted by Crippen LogP contribution is 2.05. The molecule has 74 valence electrons. The molecule has 1 nitrogen and oxygen atoms in total. The van der Waals surface area contributed by atoms with Crippen LogP contribution in [0.3, 0.4) is 0 Å². The monoisotopic (exact) mass is 190 g/mol. The van der Waals surface area contributed by atoms with Crippen LogP contribution in [0.15, 0.2) is 0 Å². The zero-order valence-electron chi connectivity index (χ0n) is 8.80. The summed E-state index contributed by atoms with van der Waals surface area (Å²) in [6.45, 7) is 8.68. The largest absolute Gasteiger partial charge is 0.260 e. The highest BCUT2D eigenvalue weighted by molar-refractivity contribution is 7.84. The minimum absolute atomic E-state index is 0.567. The average Bonchev–Trinajstić information content (AvgIpc) is 1.84. The van der Waals surface area contributed by atoms with Crippen LogP contribution >= 0.6 is 0 Å². The topological polar surface area (TPSA) is 17.1 Å². The minimum Gasteiger partial charge on any atom is -0.260 e. The first-order chi connectivity index (χ1) is 5.52. The van der Waals surface area contributed by atoms with E-state index in [1.165, 1.54) is 6.42 Å². The van der Waals surface area contributed by atoms with Gasteiger partial charge in [-0.15, -0.1) is 0 Å². The van der Waals surface area contributed by atoms with Crippen molar-refractivity contribution in [3.05, 3.63) is 0 Å². The van der Waals surface area contributed by atoms with E-state index < -0.39 is 10.8 Å². The van der Waals surface area contributed by atoms with Crippen LogP contribution in [0, 0.1) is 11.8 Å². The maximum Gasteiger partial charge on any atom is 0.0257 e. The molecule has 0 aromatic heterocycles. The van der Waals surface area contributed by atoms with Gasteiger partial charge in [0.25, 0.3) is 0 Å². The van der Waals surface area contributed by atoms with Crippen molar-refractivity contribution in [2.75, 3.05) is 11.5 Å². The molecule has 2 heteroatoms. The zero-order valence-corrected chi connectivity index (χ0v) is 9.62. The Bertz CT molecular complexity index is 130. The van der Waals surface area contributed by atoms with E-state index >= 15 is 0 Å².